The van der Waals surface area contributed by atoms with Crippen molar-refractivity contribution in [2.24, 2.45) is 5.92 Å². The summed E-state index contributed by atoms with van der Waals surface area (Å²) in [6.45, 7) is 33.5. The minimum absolute atomic E-state index is 0. The smallest absolute Gasteiger partial charge is 0.141 e. The van der Waals surface area contributed by atoms with Crippen molar-refractivity contribution < 1.29 is 64.7 Å². The van der Waals surface area contributed by atoms with Gasteiger partial charge in [0.15, 0.2) is 0 Å². The third-order valence-corrected chi connectivity index (χ3v) is 33.0. The third kappa shape index (κ3) is 25.3. The zero-order valence-electron chi connectivity index (χ0n) is 84.0. The van der Waals surface area contributed by atoms with Gasteiger partial charge in [0.2, 0.25) is 0 Å². The van der Waals surface area contributed by atoms with Crippen molar-refractivity contribution in [2.45, 2.75) is 100 Å². The Morgan fingerprint density at radius 1 is 0.290 bits per heavy atom. The molecule has 9 aromatic heterocycles. The Labute approximate surface area is 901 Å². The van der Waals surface area contributed by atoms with Crippen molar-refractivity contribution in [3.8, 4) is 123 Å². The maximum absolute atomic E-state index is 6.27. The molecule has 23 aromatic rings. The molecular formula is C130H113Ir3N7OSSi3-6. The standard InChI is InChI=1S/C33H28NOSi.C33H28NSSi.C31H33N2Si.3C11H8N.3Ir/c2*1-22-19-31(34-21-30(22)23-15-17-26(18-16-23)36(2,3)4)25-10-7-9-24(20-25)27-12-8-13-29-28-11-5-6-14-32(28)35-33(27)29;1-21(2)20-33-30-10-8-7-9-26(30)27-18-24(13-16-31(27)33)29-17-22(3)28(19-32-29)23-11-14-25(15-12-23)34(4,5)6;3*1-2-6-10(7-3-1)11-8-4-5-9-12-11;;;/h2*5-9,11-21H,1-4H3;7-12,14-19,21H,20H2,1-6H3;3*1-6,8-9H;;;/q6*-1;;;. The zero-order valence-corrected chi connectivity index (χ0v) is 95.0. The van der Waals surface area contributed by atoms with E-state index in [1.165, 1.54) is 119 Å². The summed E-state index contributed by atoms with van der Waals surface area (Å²) in [5.41, 5.74) is 31.8. The van der Waals surface area contributed by atoms with Crippen LogP contribution in [-0.2, 0) is 66.9 Å². The molecule has 14 aromatic carbocycles. The summed E-state index contributed by atoms with van der Waals surface area (Å²) in [5.74, 6) is 0.579. The summed E-state index contributed by atoms with van der Waals surface area (Å²) in [6.07, 6.45) is 11.4. The van der Waals surface area contributed by atoms with Gasteiger partial charge >= 0.3 is 0 Å². The molecule has 0 saturated heterocycles. The molecule has 0 fully saturated rings. The Morgan fingerprint density at radius 2 is 0.669 bits per heavy atom. The SMILES string of the molecule is Cc1cc(-c2[c-]cc3c(c2)c2ccccc2n3CC(C)C)ncc1-c1ccc([Si](C)(C)C)cc1.Cc1cc(-c2[c-]ccc(-c3cccc4c3oc3ccccc34)c2)ncc1-c1ccc([Si](C)(C)C)cc1.Cc1cc(-c2[c-]ccc(-c3cccc4c3sc3ccccc34)c2)ncc1-c1ccc([Si](C)(C)C)cc1.[Ir].[Ir].[Ir].[c-]1ccccc1-c1ccccn1.[c-]1ccccc1-c1ccccn1.[c-]1ccccc1-c1ccccn1. The number of nitrogens with zero attached hydrogens (tertiary/aromatic N) is 7. The van der Waals surface area contributed by atoms with Crippen LogP contribution in [0.15, 0.2) is 418 Å². The molecule has 145 heavy (non-hydrogen) atoms. The second kappa shape index (κ2) is 47.9. The fourth-order valence-corrected chi connectivity index (χ4v) is 22.6. The summed E-state index contributed by atoms with van der Waals surface area (Å²) in [5, 5.41) is 11.9. The summed E-state index contributed by atoms with van der Waals surface area (Å²) in [7, 11) is -3.91. The van der Waals surface area contributed by atoms with Gasteiger partial charge in [0.05, 0.1) is 24.2 Å². The minimum atomic E-state index is -1.31. The molecule has 0 saturated carbocycles. The molecule has 0 aliphatic carbocycles. The molecule has 725 valence electrons. The molecule has 0 aliphatic rings. The van der Waals surface area contributed by atoms with E-state index in [4.69, 9.17) is 19.4 Å². The number of aryl methyl sites for hydroxylation is 3. The van der Waals surface area contributed by atoms with E-state index < -0.39 is 24.2 Å². The van der Waals surface area contributed by atoms with Gasteiger partial charge in [-0.05, 0) is 147 Å². The Kier molecular flexibility index (Phi) is 34.9. The van der Waals surface area contributed by atoms with Crippen LogP contribution in [0.25, 0.3) is 187 Å². The molecule has 15 heteroatoms. The normalized spacial score (nSPS) is 11.2. The maximum Gasteiger partial charge on any atom is 0.141 e. The monoisotopic (exact) mass is 2480 g/mol. The van der Waals surface area contributed by atoms with Crippen LogP contribution in [0.1, 0.15) is 30.5 Å². The number of furan rings is 1. The Bertz CT molecular complexity index is 7730. The van der Waals surface area contributed by atoms with E-state index in [0.717, 1.165) is 107 Å². The zero-order chi connectivity index (χ0) is 98.4. The first-order valence-corrected chi connectivity index (χ1v) is 59.9. The van der Waals surface area contributed by atoms with Crippen LogP contribution in [0.5, 0.6) is 0 Å². The van der Waals surface area contributed by atoms with E-state index in [1.54, 1.807) is 18.6 Å². The fourth-order valence-electron chi connectivity index (χ4n) is 17.9. The van der Waals surface area contributed by atoms with Crippen LogP contribution in [-0.4, -0.2) is 58.7 Å². The Morgan fingerprint density at radius 3 is 1.09 bits per heavy atom. The Hall–Kier alpha value is -13.6. The van der Waals surface area contributed by atoms with Gasteiger partial charge in [0, 0.05) is 163 Å². The first-order valence-electron chi connectivity index (χ1n) is 48.5. The van der Waals surface area contributed by atoms with Gasteiger partial charge in [-0.25, -0.2) is 0 Å². The van der Waals surface area contributed by atoms with E-state index in [1.807, 2.05) is 182 Å². The number of hydrogen-bond acceptors (Lipinski definition) is 8. The summed E-state index contributed by atoms with van der Waals surface area (Å²) in [4.78, 5) is 27.2. The number of benzene rings is 14. The fraction of sp³-hybridized carbons (Fsp3) is 0.123. The predicted molar refractivity (Wildman–Crippen MR) is 609 cm³/mol. The Balaban J connectivity index is 0.000000138. The molecule has 8 nitrogen and oxygen atoms in total. The van der Waals surface area contributed by atoms with Crippen molar-refractivity contribution in [1.29, 1.82) is 0 Å². The number of hydrogen-bond donors (Lipinski definition) is 0. The van der Waals surface area contributed by atoms with Crippen LogP contribution in [0, 0.1) is 63.1 Å². The molecule has 0 aliphatic heterocycles. The average molecular weight is 2480 g/mol. The second-order valence-electron chi connectivity index (χ2n) is 39.3. The van der Waals surface area contributed by atoms with E-state index in [0.29, 0.717) is 5.92 Å². The summed E-state index contributed by atoms with van der Waals surface area (Å²) in [6, 6.07) is 150. The first kappa shape index (κ1) is 106. The van der Waals surface area contributed by atoms with Crippen LogP contribution in [0.3, 0.4) is 0 Å². The van der Waals surface area contributed by atoms with Gasteiger partial charge in [-0.1, -0.05) is 323 Å². The number of pyridine rings is 6. The molecule has 0 spiro atoms. The van der Waals surface area contributed by atoms with Crippen molar-refractivity contribution in [2.75, 3.05) is 0 Å². The van der Waals surface area contributed by atoms with Crippen LogP contribution in [0.4, 0.5) is 0 Å². The van der Waals surface area contributed by atoms with Gasteiger partial charge in [-0.3, -0.25) is 0 Å². The molecule has 0 atom stereocenters. The van der Waals surface area contributed by atoms with Crippen molar-refractivity contribution >= 4 is 115 Å². The maximum atomic E-state index is 6.27. The van der Waals surface area contributed by atoms with Crippen LogP contribution < -0.4 is 15.6 Å². The molecular weight excluding hydrogens is 2370 g/mol. The topological polar surface area (TPSA) is 95.4 Å². The van der Waals surface area contributed by atoms with Crippen molar-refractivity contribution in [3.05, 3.63) is 466 Å². The molecule has 0 unspecified atom stereocenters. The number of fused-ring (bicyclic) bond motifs is 9. The quantitative estimate of drug-likeness (QED) is 0.0702. The molecule has 0 N–H and O–H groups in total. The number of aromatic nitrogens is 7. The van der Waals surface area contributed by atoms with E-state index in [-0.39, 0.29) is 60.3 Å². The first-order chi connectivity index (χ1) is 68.9. The minimum Gasteiger partial charge on any atom is -0.455 e. The van der Waals surface area contributed by atoms with Gasteiger partial charge in [0.1, 0.15) is 11.2 Å². The molecule has 3 radical (unpaired) electrons. The average Bonchev–Trinajstić information content (AvgIpc) is 1.51. The number of para-hydroxylation sites is 3. The van der Waals surface area contributed by atoms with Gasteiger partial charge in [-0.15, -0.1) is 202 Å². The predicted octanol–water partition coefficient (Wildman–Crippen LogP) is 33.2. The van der Waals surface area contributed by atoms with E-state index in [2.05, 4.69) is 374 Å². The second-order valence-corrected chi connectivity index (χ2v) is 55.6. The largest absolute Gasteiger partial charge is 0.455 e. The number of rotatable bonds is 16. The van der Waals surface area contributed by atoms with E-state index >= 15 is 0 Å². The molecule has 9 heterocycles. The third-order valence-electron chi connectivity index (χ3n) is 25.6. The molecule has 0 bridgehead atoms. The van der Waals surface area contributed by atoms with Crippen molar-refractivity contribution in [1.82, 2.24) is 34.5 Å². The number of thiophene rings is 1. The van der Waals surface area contributed by atoms with E-state index in [9.17, 15) is 0 Å². The van der Waals surface area contributed by atoms with Gasteiger partial charge in [0.25, 0.3) is 0 Å². The molecule has 23 rings (SSSR count). The van der Waals surface area contributed by atoms with Gasteiger partial charge < -0.3 is 38.9 Å². The summed E-state index contributed by atoms with van der Waals surface area (Å²) >= 11 is 1.87. The van der Waals surface area contributed by atoms with Crippen LogP contribution >= 0.6 is 11.3 Å². The molecule has 0 amide bonds. The summed E-state index contributed by atoms with van der Waals surface area (Å²) < 4.78 is 11.4. The van der Waals surface area contributed by atoms with Gasteiger partial charge in [-0.2, -0.15) is 0 Å². The van der Waals surface area contributed by atoms with Crippen molar-refractivity contribution in [3.63, 3.8) is 0 Å². The van der Waals surface area contributed by atoms with Crippen LogP contribution in [0.2, 0.25) is 58.9 Å².